The number of halogens is 1. The number of hydrogen-bond acceptors (Lipinski definition) is 4. The van der Waals surface area contributed by atoms with Crippen molar-refractivity contribution in [3.05, 3.63) is 53.3 Å². The standard InChI is InChI=1S/C17H14ClN5O2/c18-15-7-12(5-6-20-15)21-17(25)22-13-8-16(24)23(10-13)14-3-1-11(9-19)2-4-14/h1-7,13H,8,10H2,(H2,20,21,22,25). The number of nitrogens with zero attached hydrogens (tertiary/aromatic N) is 3. The van der Waals surface area contributed by atoms with Crippen LogP contribution in [0.4, 0.5) is 16.2 Å². The minimum Gasteiger partial charge on any atom is -0.333 e. The zero-order valence-corrected chi connectivity index (χ0v) is 13.8. The number of rotatable bonds is 3. The molecule has 1 atom stereocenters. The van der Waals surface area contributed by atoms with Crippen LogP contribution in [0.5, 0.6) is 0 Å². The van der Waals surface area contributed by atoms with Gasteiger partial charge in [-0.15, -0.1) is 0 Å². The van der Waals surface area contributed by atoms with Crippen LogP contribution in [0.1, 0.15) is 12.0 Å². The highest BCUT2D eigenvalue weighted by Crippen LogP contribution is 2.22. The second kappa shape index (κ2) is 7.20. The lowest BCUT2D eigenvalue weighted by atomic mass is 10.2. The second-order valence-electron chi connectivity index (χ2n) is 5.53. The van der Waals surface area contributed by atoms with Gasteiger partial charge >= 0.3 is 6.03 Å². The van der Waals surface area contributed by atoms with E-state index >= 15 is 0 Å². The number of carbonyl (C=O) groups excluding carboxylic acids is 2. The summed E-state index contributed by atoms with van der Waals surface area (Å²) in [6.45, 7) is 0.370. The van der Waals surface area contributed by atoms with E-state index in [1.165, 1.54) is 12.3 Å². The Morgan fingerprint density at radius 1 is 1.32 bits per heavy atom. The van der Waals surface area contributed by atoms with E-state index in [0.717, 1.165) is 0 Å². The highest BCUT2D eigenvalue weighted by atomic mass is 35.5. The molecule has 1 aromatic carbocycles. The van der Waals surface area contributed by atoms with Crippen molar-refractivity contribution in [1.82, 2.24) is 10.3 Å². The third-order valence-electron chi connectivity index (χ3n) is 3.75. The van der Waals surface area contributed by atoms with Crippen molar-refractivity contribution in [3.8, 4) is 6.07 Å². The molecule has 1 saturated heterocycles. The summed E-state index contributed by atoms with van der Waals surface area (Å²) in [5.41, 5.74) is 1.75. The van der Waals surface area contributed by atoms with Gasteiger partial charge in [-0.05, 0) is 36.4 Å². The van der Waals surface area contributed by atoms with E-state index < -0.39 is 6.03 Å². The molecule has 0 spiro atoms. The number of aromatic nitrogens is 1. The first-order chi connectivity index (χ1) is 12.0. The Hall–Kier alpha value is -3.11. The number of pyridine rings is 1. The number of amides is 3. The lowest BCUT2D eigenvalue weighted by Gasteiger charge is -2.17. The molecule has 1 aliphatic heterocycles. The van der Waals surface area contributed by atoms with Crippen LogP contribution in [-0.4, -0.2) is 29.5 Å². The van der Waals surface area contributed by atoms with Gasteiger partial charge in [0.2, 0.25) is 5.91 Å². The lowest BCUT2D eigenvalue weighted by Crippen LogP contribution is -2.39. The van der Waals surface area contributed by atoms with Gasteiger partial charge in [0.15, 0.2) is 0 Å². The van der Waals surface area contributed by atoms with E-state index in [9.17, 15) is 9.59 Å². The van der Waals surface area contributed by atoms with Gasteiger partial charge in [-0.1, -0.05) is 11.6 Å². The molecule has 2 N–H and O–H groups in total. The SMILES string of the molecule is N#Cc1ccc(N2CC(NC(=O)Nc3ccnc(Cl)c3)CC2=O)cc1. The van der Waals surface area contributed by atoms with Crippen LogP contribution in [0.15, 0.2) is 42.6 Å². The zero-order chi connectivity index (χ0) is 17.8. The van der Waals surface area contributed by atoms with Crippen LogP contribution in [0.2, 0.25) is 5.15 Å². The maximum atomic E-state index is 12.2. The molecule has 0 saturated carbocycles. The maximum absolute atomic E-state index is 12.2. The fourth-order valence-electron chi connectivity index (χ4n) is 2.60. The Morgan fingerprint density at radius 3 is 2.76 bits per heavy atom. The number of nitriles is 1. The summed E-state index contributed by atoms with van der Waals surface area (Å²) in [6, 6.07) is 11.2. The minimum atomic E-state index is -0.415. The van der Waals surface area contributed by atoms with Gasteiger partial charge in [0.25, 0.3) is 0 Å². The topological polar surface area (TPSA) is 98.1 Å². The van der Waals surface area contributed by atoms with Gasteiger partial charge in [-0.25, -0.2) is 9.78 Å². The minimum absolute atomic E-state index is 0.0815. The number of anilines is 2. The maximum Gasteiger partial charge on any atom is 0.319 e. The van der Waals surface area contributed by atoms with Crippen molar-refractivity contribution in [2.45, 2.75) is 12.5 Å². The van der Waals surface area contributed by atoms with Gasteiger partial charge in [0.1, 0.15) is 5.15 Å². The molecule has 1 fully saturated rings. The molecule has 25 heavy (non-hydrogen) atoms. The predicted molar refractivity (Wildman–Crippen MR) is 93.3 cm³/mol. The fraction of sp³-hybridized carbons (Fsp3) is 0.176. The van der Waals surface area contributed by atoms with E-state index in [1.807, 2.05) is 6.07 Å². The summed E-state index contributed by atoms with van der Waals surface area (Å²) in [5.74, 6) is -0.0815. The molecular weight excluding hydrogens is 342 g/mol. The molecule has 1 unspecified atom stereocenters. The molecule has 7 nitrogen and oxygen atoms in total. The first-order valence-electron chi connectivity index (χ1n) is 7.55. The van der Waals surface area contributed by atoms with Crippen molar-refractivity contribution < 1.29 is 9.59 Å². The lowest BCUT2D eigenvalue weighted by molar-refractivity contribution is -0.117. The average molecular weight is 356 g/mol. The smallest absolute Gasteiger partial charge is 0.319 e. The molecule has 0 aliphatic carbocycles. The molecular formula is C17H14ClN5O2. The quantitative estimate of drug-likeness (QED) is 0.826. The van der Waals surface area contributed by atoms with Crippen molar-refractivity contribution in [2.75, 3.05) is 16.8 Å². The van der Waals surface area contributed by atoms with Crippen molar-refractivity contribution >= 4 is 34.9 Å². The van der Waals surface area contributed by atoms with Crippen LogP contribution in [0, 0.1) is 11.3 Å². The monoisotopic (exact) mass is 355 g/mol. The predicted octanol–water partition coefficient (Wildman–Crippen LogP) is 2.53. The van der Waals surface area contributed by atoms with Gasteiger partial charge < -0.3 is 15.5 Å². The number of benzene rings is 1. The van der Waals surface area contributed by atoms with Crippen molar-refractivity contribution in [1.29, 1.82) is 5.26 Å². The normalized spacial score (nSPS) is 16.4. The van der Waals surface area contributed by atoms with E-state index in [0.29, 0.717) is 23.5 Å². The highest BCUT2D eigenvalue weighted by Gasteiger charge is 2.31. The Bertz CT molecular complexity index is 847. The number of hydrogen-bond donors (Lipinski definition) is 2. The summed E-state index contributed by atoms with van der Waals surface area (Å²) < 4.78 is 0. The molecule has 1 aliphatic rings. The molecule has 3 rings (SSSR count). The Kier molecular flexibility index (Phi) is 4.82. The van der Waals surface area contributed by atoms with Gasteiger partial charge in [0.05, 0.1) is 17.7 Å². The van der Waals surface area contributed by atoms with Crippen LogP contribution < -0.4 is 15.5 Å². The van der Waals surface area contributed by atoms with Crippen LogP contribution >= 0.6 is 11.6 Å². The van der Waals surface area contributed by atoms with Gasteiger partial charge in [0, 0.05) is 30.5 Å². The number of carbonyl (C=O) groups is 2. The molecule has 126 valence electrons. The number of urea groups is 1. The molecule has 0 radical (unpaired) electrons. The summed E-state index contributed by atoms with van der Waals surface area (Å²) in [6.07, 6.45) is 1.70. The zero-order valence-electron chi connectivity index (χ0n) is 13.1. The summed E-state index contributed by atoms with van der Waals surface area (Å²) >= 11 is 5.77. The van der Waals surface area contributed by atoms with E-state index in [2.05, 4.69) is 15.6 Å². The first-order valence-corrected chi connectivity index (χ1v) is 7.92. The fourth-order valence-corrected chi connectivity index (χ4v) is 2.78. The van der Waals surface area contributed by atoms with Crippen molar-refractivity contribution in [3.63, 3.8) is 0 Å². The Balaban J connectivity index is 1.60. The third kappa shape index (κ3) is 4.05. The molecule has 1 aromatic heterocycles. The molecule has 3 amide bonds. The van der Waals surface area contributed by atoms with E-state index in [4.69, 9.17) is 16.9 Å². The average Bonchev–Trinajstić information content (AvgIpc) is 2.95. The second-order valence-corrected chi connectivity index (χ2v) is 5.92. The van der Waals surface area contributed by atoms with Crippen LogP contribution in [-0.2, 0) is 4.79 Å². The first kappa shape index (κ1) is 16.7. The van der Waals surface area contributed by atoms with E-state index in [1.54, 1.807) is 35.2 Å². The van der Waals surface area contributed by atoms with E-state index in [-0.39, 0.29) is 23.5 Å². The summed E-state index contributed by atoms with van der Waals surface area (Å²) in [4.78, 5) is 29.7. The van der Waals surface area contributed by atoms with Gasteiger partial charge in [-0.3, -0.25) is 4.79 Å². The molecule has 0 bridgehead atoms. The molecule has 2 aromatic rings. The molecule has 8 heteroatoms. The highest BCUT2D eigenvalue weighted by molar-refractivity contribution is 6.29. The Morgan fingerprint density at radius 2 is 2.08 bits per heavy atom. The van der Waals surface area contributed by atoms with Gasteiger partial charge in [-0.2, -0.15) is 5.26 Å². The Labute approximate surface area is 149 Å². The largest absolute Gasteiger partial charge is 0.333 e. The number of nitrogens with one attached hydrogen (secondary N) is 2. The molecule has 2 heterocycles. The third-order valence-corrected chi connectivity index (χ3v) is 3.96. The van der Waals surface area contributed by atoms with Crippen LogP contribution in [0.25, 0.3) is 0 Å². The summed E-state index contributed by atoms with van der Waals surface area (Å²) in [7, 11) is 0. The van der Waals surface area contributed by atoms with Crippen LogP contribution in [0.3, 0.4) is 0 Å². The van der Waals surface area contributed by atoms with Crippen molar-refractivity contribution in [2.24, 2.45) is 0 Å². The summed E-state index contributed by atoms with van der Waals surface area (Å²) in [5, 5.41) is 14.5.